The molecule has 0 bridgehead atoms. The second-order valence-corrected chi connectivity index (χ2v) is 6.27. The van der Waals surface area contributed by atoms with Gasteiger partial charge in [0.2, 0.25) is 12.6 Å². The molecule has 0 saturated heterocycles. The van der Waals surface area contributed by atoms with Gasteiger partial charge in [-0.05, 0) is 18.6 Å². The standard InChI is InChI=1S/C16H13NO7S/c1-2-9-3-4-15(25-9)12(18)7-22-16(19)10-5-13-14(24-8-23-13)6-11(10)17(20)21/h3-6H,2,7-8H2,1H3. The molecule has 3 rings (SSSR count). The first kappa shape index (κ1) is 16.9. The van der Waals surface area contributed by atoms with Crippen molar-refractivity contribution in [3.8, 4) is 11.5 Å². The summed E-state index contributed by atoms with van der Waals surface area (Å²) in [6.45, 7) is 1.40. The molecule has 25 heavy (non-hydrogen) atoms. The Kier molecular flexibility index (Phi) is 4.66. The number of nitrogens with zero attached hydrogens (tertiary/aromatic N) is 1. The lowest BCUT2D eigenvalue weighted by Gasteiger charge is -2.05. The number of rotatable bonds is 6. The summed E-state index contributed by atoms with van der Waals surface area (Å²) < 4.78 is 15.1. The number of carbonyl (C=O) groups excluding carboxylic acids is 2. The van der Waals surface area contributed by atoms with E-state index in [4.69, 9.17) is 14.2 Å². The number of nitro groups is 1. The van der Waals surface area contributed by atoms with Crippen molar-refractivity contribution in [1.29, 1.82) is 0 Å². The number of aryl methyl sites for hydroxylation is 1. The number of ketones is 1. The molecule has 0 amide bonds. The molecule has 0 N–H and O–H groups in total. The Labute approximate surface area is 146 Å². The molecule has 1 aromatic carbocycles. The molecule has 0 radical (unpaired) electrons. The highest BCUT2D eigenvalue weighted by Crippen LogP contribution is 2.38. The maximum atomic E-state index is 12.2. The predicted octanol–water partition coefficient (Wildman–Crippen LogP) is 2.99. The van der Waals surface area contributed by atoms with Gasteiger partial charge in [0.25, 0.3) is 5.69 Å². The number of carbonyl (C=O) groups is 2. The van der Waals surface area contributed by atoms with E-state index in [-0.39, 0.29) is 29.6 Å². The highest BCUT2D eigenvalue weighted by molar-refractivity contribution is 7.14. The van der Waals surface area contributed by atoms with E-state index < -0.39 is 23.2 Å². The van der Waals surface area contributed by atoms with E-state index in [0.29, 0.717) is 4.88 Å². The van der Waals surface area contributed by atoms with Crippen LogP contribution in [-0.4, -0.2) is 30.1 Å². The van der Waals surface area contributed by atoms with Crippen LogP contribution >= 0.6 is 11.3 Å². The van der Waals surface area contributed by atoms with Gasteiger partial charge in [0, 0.05) is 10.9 Å². The van der Waals surface area contributed by atoms with E-state index in [2.05, 4.69) is 0 Å². The number of thiophene rings is 1. The summed E-state index contributed by atoms with van der Waals surface area (Å²) in [5.74, 6) is -0.924. The van der Waals surface area contributed by atoms with Crippen molar-refractivity contribution in [2.24, 2.45) is 0 Å². The van der Waals surface area contributed by atoms with Crippen LogP contribution in [0.15, 0.2) is 24.3 Å². The molecule has 8 nitrogen and oxygen atoms in total. The van der Waals surface area contributed by atoms with Gasteiger partial charge in [0.15, 0.2) is 18.1 Å². The Bertz CT molecular complexity index is 858. The van der Waals surface area contributed by atoms with Gasteiger partial charge in [-0.1, -0.05) is 6.92 Å². The van der Waals surface area contributed by atoms with Crippen molar-refractivity contribution in [1.82, 2.24) is 0 Å². The van der Waals surface area contributed by atoms with Crippen molar-refractivity contribution in [2.75, 3.05) is 13.4 Å². The maximum absolute atomic E-state index is 12.2. The van der Waals surface area contributed by atoms with Gasteiger partial charge in [-0.2, -0.15) is 0 Å². The summed E-state index contributed by atoms with van der Waals surface area (Å²) >= 11 is 1.33. The van der Waals surface area contributed by atoms with Crippen molar-refractivity contribution < 1.29 is 28.7 Å². The lowest BCUT2D eigenvalue weighted by atomic mass is 10.1. The predicted molar refractivity (Wildman–Crippen MR) is 87.5 cm³/mol. The average molecular weight is 363 g/mol. The van der Waals surface area contributed by atoms with Crippen LogP contribution in [0.3, 0.4) is 0 Å². The summed E-state index contributed by atoms with van der Waals surface area (Å²) in [6, 6.07) is 5.80. The normalized spacial score (nSPS) is 12.0. The van der Waals surface area contributed by atoms with Crippen LogP contribution in [0.25, 0.3) is 0 Å². The van der Waals surface area contributed by atoms with E-state index in [1.165, 1.54) is 17.4 Å². The van der Waals surface area contributed by atoms with Gasteiger partial charge in [-0.3, -0.25) is 14.9 Å². The Hall–Kier alpha value is -2.94. The number of Topliss-reactive ketones (excluding diaryl/α,β-unsaturated/α-hetero) is 1. The SMILES string of the molecule is CCc1ccc(C(=O)COC(=O)c2cc3c(cc2[N+](=O)[O-])OCO3)s1. The summed E-state index contributed by atoms with van der Waals surface area (Å²) in [6.07, 6.45) is 0.807. The van der Waals surface area contributed by atoms with E-state index >= 15 is 0 Å². The molecule has 9 heteroatoms. The van der Waals surface area contributed by atoms with Crippen LogP contribution in [0.2, 0.25) is 0 Å². The fourth-order valence-electron chi connectivity index (χ4n) is 2.24. The average Bonchev–Trinajstić information content (AvgIpc) is 3.26. The molecule has 0 atom stereocenters. The molecular weight excluding hydrogens is 350 g/mol. The zero-order valence-electron chi connectivity index (χ0n) is 13.1. The fraction of sp³-hybridized carbons (Fsp3) is 0.250. The number of hydrogen-bond acceptors (Lipinski definition) is 8. The summed E-state index contributed by atoms with van der Waals surface area (Å²) in [7, 11) is 0. The van der Waals surface area contributed by atoms with E-state index in [1.807, 2.05) is 13.0 Å². The molecule has 0 saturated carbocycles. The lowest BCUT2D eigenvalue weighted by molar-refractivity contribution is -0.385. The molecule has 1 aliphatic heterocycles. The van der Waals surface area contributed by atoms with Crippen molar-refractivity contribution >= 4 is 28.8 Å². The van der Waals surface area contributed by atoms with E-state index in [1.54, 1.807) is 6.07 Å². The number of ether oxygens (including phenoxy) is 3. The van der Waals surface area contributed by atoms with Gasteiger partial charge >= 0.3 is 5.97 Å². The van der Waals surface area contributed by atoms with Crippen LogP contribution in [0.4, 0.5) is 5.69 Å². The Morgan fingerprint density at radius 3 is 2.64 bits per heavy atom. The van der Waals surface area contributed by atoms with Gasteiger partial charge < -0.3 is 14.2 Å². The minimum atomic E-state index is -0.967. The molecule has 2 heterocycles. The first-order chi connectivity index (χ1) is 12.0. The van der Waals surface area contributed by atoms with Gasteiger partial charge in [-0.15, -0.1) is 11.3 Å². The maximum Gasteiger partial charge on any atom is 0.345 e. The van der Waals surface area contributed by atoms with Gasteiger partial charge in [0.05, 0.1) is 15.9 Å². The summed E-state index contributed by atoms with van der Waals surface area (Å²) in [5.41, 5.74) is -0.756. The zero-order chi connectivity index (χ0) is 18.0. The molecule has 0 fully saturated rings. The second-order valence-electron chi connectivity index (χ2n) is 5.10. The molecule has 2 aromatic rings. The van der Waals surface area contributed by atoms with Crippen LogP contribution in [-0.2, 0) is 11.2 Å². The third kappa shape index (κ3) is 3.45. The summed E-state index contributed by atoms with van der Waals surface area (Å²) in [5, 5.41) is 11.2. The number of esters is 1. The molecule has 0 spiro atoms. The number of nitro benzene ring substituents is 1. The Morgan fingerprint density at radius 2 is 2.00 bits per heavy atom. The zero-order valence-corrected chi connectivity index (χ0v) is 14.0. The molecule has 130 valence electrons. The molecule has 0 unspecified atom stereocenters. The Balaban J connectivity index is 1.75. The number of hydrogen-bond donors (Lipinski definition) is 0. The molecule has 1 aliphatic rings. The second kappa shape index (κ2) is 6.89. The van der Waals surface area contributed by atoms with Crippen molar-refractivity contribution in [3.05, 3.63) is 49.7 Å². The minimum absolute atomic E-state index is 0.0817. The van der Waals surface area contributed by atoms with Crippen LogP contribution in [0.5, 0.6) is 11.5 Å². The van der Waals surface area contributed by atoms with Crippen molar-refractivity contribution in [2.45, 2.75) is 13.3 Å². The lowest BCUT2D eigenvalue weighted by Crippen LogP contribution is -2.14. The largest absolute Gasteiger partial charge is 0.454 e. The fourth-order valence-corrected chi connectivity index (χ4v) is 3.12. The highest BCUT2D eigenvalue weighted by atomic mass is 32.1. The van der Waals surface area contributed by atoms with Crippen LogP contribution in [0.1, 0.15) is 31.8 Å². The smallest absolute Gasteiger partial charge is 0.345 e. The number of fused-ring (bicyclic) bond motifs is 1. The molecular formula is C16H13NO7S. The first-order valence-electron chi connectivity index (χ1n) is 7.36. The quantitative estimate of drug-likeness (QED) is 0.336. The van der Waals surface area contributed by atoms with Crippen LogP contribution < -0.4 is 9.47 Å². The minimum Gasteiger partial charge on any atom is -0.454 e. The third-order valence-corrected chi connectivity index (χ3v) is 4.80. The first-order valence-corrected chi connectivity index (χ1v) is 8.18. The highest BCUT2D eigenvalue weighted by Gasteiger charge is 2.28. The number of benzene rings is 1. The third-order valence-electron chi connectivity index (χ3n) is 3.53. The topological polar surface area (TPSA) is 105 Å². The van der Waals surface area contributed by atoms with Crippen molar-refractivity contribution in [3.63, 3.8) is 0 Å². The van der Waals surface area contributed by atoms with E-state index in [9.17, 15) is 19.7 Å². The Morgan fingerprint density at radius 1 is 1.28 bits per heavy atom. The van der Waals surface area contributed by atoms with Gasteiger partial charge in [0.1, 0.15) is 5.56 Å². The molecule has 0 aliphatic carbocycles. The van der Waals surface area contributed by atoms with Gasteiger partial charge in [-0.25, -0.2) is 4.79 Å². The monoisotopic (exact) mass is 363 g/mol. The van der Waals surface area contributed by atoms with E-state index in [0.717, 1.165) is 17.4 Å². The van der Waals surface area contributed by atoms with Crippen LogP contribution in [0, 0.1) is 10.1 Å². The molecule has 1 aromatic heterocycles. The summed E-state index contributed by atoms with van der Waals surface area (Å²) in [4.78, 5) is 36.2.